The standard InChI is InChI=1S/C65H64N4O10/c1-39(71)23-26-69-58-20-19-43(38-70)55-36-68(37-56(55)58)59(44-28-60(76)64(61(29-44)77-3)79-50-16-8-15-48(74)31-50)33-49(75)32-51(78-40(2)72)21-24-65-45-10-5-11-46(65)13-7-18-57(65)54-35-66-34-53(54)52(17-6-12-45)63(41-9-4-14-47(73)27-41)42-22-25-67-62(69)30-42/h4-5,7-11,14-16,18-20,22,27-31,34-37,46,51-52,57,59,63,66-67,70,73-74,76H,12-13,21,23-26,32-33,38H2,1-3H3. The van der Waals surface area contributed by atoms with Crippen LogP contribution in [0.5, 0.6) is 34.5 Å². The van der Waals surface area contributed by atoms with Crippen LogP contribution in [-0.4, -0.2) is 73.8 Å². The summed E-state index contributed by atoms with van der Waals surface area (Å²) in [5.74, 6) is 6.90. The third-order valence-corrected chi connectivity index (χ3v) is 16.5. The lowest BCUT2D eigenvalue weighted by Crippen LogP contribution is -2.41. The Labute approximate surface area is 459 Å². The first-order valence-electron chi connectivity index (χ1n) is 27.0. The lowest BCUT2D eigenvalue weighted by Gasteiger charge is -2.50. The average Bonchev–Trinajstić information content (AvgIpc) is 4.18. The largest absolute Gasteiger partial charge is 0.508 e. The predicted octanol–water partition coefficient (Wildman–Crippen LogP) is 11.3. The Balaban J connectivity index is 1.13. The van der Waals surface area contributed by atoms with E-state index in [-0.39, 0.29) is 96.2 Å². The molecule has 404 valence electrons. The Bertz CT molecular complexity index is 3600. The number of H-pyrrole nitrogens is 1. The third-order valence-electron chi connectivity index (χ3n) is 16.5. The Kier molecular flexibility index (Phi) is 14.6. The quantitative estimate of drug-likeness (QED) is 0.0432. The van der Waals surface area contributed by atoms with E-state index in [1.54, 1.807) is 31.2 Å². The topological polar surface area (TPSA) is 196 Å². The molecule has 11 rings (SSSR count). The zero-order valence-corrected chi connectivity index (χ0v) is 44.4. The molecule has 5 aliphatic rings. The number of aromatic hydroxyl groups is 3. The van der Waals surface area contributed by atoms with Gasteiger partial charge in [-0.3, -0.25) is 14.4 Å². The van der Waals surface area contributed by atoms with E-state index in [1.165, 1.54) is 37.8 Å². The van der Waals surface area contributed by atoms with Crippen LogP contribution in [-0.2, 0) is 25.7 Å². The number of phenolic OH excluding ortho intramolecular Hbond substituents is 3. The normalized spacial score (nSPS) is 23.5. The van der Waals surface area contributed by atoms with Gasteiger partial charge in [-0.25, -0.2) is 0 Å². The number of aromatic nitrogens is 2. The maximum atomic E-state index is 15.1. The summed E-state index contributed by atoms with van der Waals surface area (Å²) in [5.41, 5.74) is 6.47. The van der Waals surface area contributed by atoms with Gasteiger partial charge in [-0.15, -0.1) is 0 Å². The van der Waals surface area contributed by atoms with Crippen LogP contribution in [0, 0.1) is 23.2 Å². The van der Waals surface area contributed by atoms with E-state index in [9.17, 15) is 30.0 Å². The summed E-state index contributed by atoms with van der Waals surface area (Å²) in [6.07, 6.45) is 24.9. The van der Waals surface area contributed by atoms with E-state index in [0.29, 0.717) is 42.3 Å². The molecule has 0 radical (unpaired) electrons. The van der Waals surface area contributed by atoms with Crippen molar-refractivity contribution in [1.82, 2.24) is 14.9 Å². The number of carbonyl (C=O) groups is 3. The maximum absolute atomic E-state index is 15.1. The molecular formula is C65H64N4O10. The summed E-state index contributed by atoms with van der Waals surface area (Å²) in [6.45, 7) is 3.36. The SMILES string of the molecule is COc1cc(C2CC(=O)CC(OC(C)=O)CCC34C5=CC=CC3CC=CC4c3c[nH]cc3C(C#CC5)C(c3cccc(O)c3)C3=CCNC(=C3)N(CCC(C)=O)c3ccc(CO)c4cn2cc34)cc(O)c1Oc1cccc(O)c1. The zero-order valence-electron chi connectivity index (χ0n) is 44.4. The van der Waals surface area contributed by atoms with Crippen LogP contribution in [0.15, 0.2) is 157 Å². The molecule has 2 aromatic heterocycles. The van der Waals surface area contributed by atoms with E-state index < -0.39 is 29.4 Å². The summed E-state index contributed by atoms with van der Waals surface area (Å²) >= 11 is 0. The van der Waals surface area contributed by atoms with Gasteiger partial charge in [0.25, 0.3) is 0 Å². The lowest BCUT2D eigenvalue weighted by atomic mass is 9.53. The molecule has 6 bridgehead atoms. The number of phenols is 3. The van der Waals surface area contributed by atoms with Crippen molar-refractivity contribution in [2.75, 3.05) is 25.1 Å². The molecule has 6 N–H and O–H groups in total. The summed E-state index contributed by atoms with van der Waals surface area (Å²) in [7, 11) is 1.45. The van der Waals surface area contributed by atoms with Crippen LogP contribution in [0.2, 0.25) is 0 Å². The highest BCUT2D eigenvalue weighted by molar-refractivity contribution is 5.97. The van der Waals surface area contributed by atoms with Crippen molar-refractivity contribution in [3.05, 3.63) is 185 Å². The van der Waals surface area contributed by atoms with Gasteiger partial charge in [0, 0.05) is 105 Å². The smallest absolute Gasteiger partial charge is 0.302 e. The number of methoxy groups -OCH3 is 1. The van der Waals surface area contributed by atoms with E-state index in [0.717, 1.165) is 45.6 Å². The highest BCUT2D eigenvalue weighted by Gasteiger charge is 2.50. The monoisotopic (exact) mass is 1060 g/mol. The molecule has 4 aromatic carbocycles. The summed E-state index contributed by atoms with van der Waals surface area (Å²) < 4.78 is 20.0. The molecule has 1 spiro atoms. The van der Waals surface area contributed by atoms with Gasteiger partial charge >= 0.3 is 5.97 Å². The number of dihydropyridines is 1. The van der Waals surface area contributed by atoms with E-state index in [4.69, 9.17) is 14.2 Å². The molecule has 0 amide bonds. The minimum atomic E-state index is -0.800. The van der Waals surface area contributed by atoms with Gasteiger partial charge in [-0.1, -0.05) is 78.1 Å². The molecule has 0 saturated carbocycles. The van der Waals surface area contributed by atoms with Crippen molar-refractivity contribution in [3.63, 3.8) is 0 Å². The van der Waals surface area contributed by atoms with Crippen molar-refractivity contribution in [3.8, 4) is 46.3 Å². The fraction of sp³-hybridized carbons (Fsp3) is 0.308. The van der Waals surface area contributed by atoms with E-state index in [2.05, 4.69) is 82.0 Å². The van der Waals surface area contributed by atoms with Gasteiger partial charge in [0.1, 0.15) is 40.7 Å². The third kappa shape index (κ3) is 10.2. The van der Waals surface area contributed by atoms with E-state index in [1.807, 2.05) is 47.3 Å². The Morgan fingerprint density at radius 3 is 2.51 bits per heavy atom. The molecule has 0 saturated heterocycles. The van der Waals surface area contributed by atoms with Gasteiger partial charge < -0.3 is 54.4 Å². The number of benzene rings is 4. The number of allylic oxidation sites excluding steroid dienone is 8. The zero-order chi connectivity index (χ0) is 55.0. The summed E-state index contributed by atoms with van der Waals surface area (Å²) in [6, 6.07) is 19.8. The van der Waals surface area contributed by atoms with Crippen molar-refractivity contribution in [2.45, 2.75) is 95.3 Å². The number of aliphatic hydroxyl groups excluding tert-OH is 1. The second kappa shape index (κ2) is 22.0. The molecular weight excluding hydrogens is 997 g/mol. The van der Waals surface area contributed by atoms with Gasteiger partial charge in [0.15, 0.2) is 11.5 Å². The highest BCUT2D eigenvalue weighted by Crippen LogP contribution is 2.60. The number of aromatic amines is 1. The number of hydrogen-bond acceptors (Lipinski definition) is 12. The molecule has 0 fully saturated rings. The Hall–Kier alpha value is -8.67. The minimum Gasteiger partial charge on any atom is -0.508 e. The van der Waals surface area contributed by atoms with Crippen molar-refractivity contribution in [2.24, 2.45) is 11.3 Å². The van der Waals surface area contributed by atoms with Crippen LogP contribution < -0.4 is 19.7 Å². The first-order chi connectivity index (χ1) is 38.3. The number of carbonyl (C=O) groups excluding carboxylic acids is 3. The number of aliphatic hydroxyl groups is 1. The lowest BCUT2D eigenvalue weighted by molar-refractivity contribution is -0.148. The Morgan fingerprint density at radius 1 is 0.911 bits per heavy atom. The van der Waals surface area contributed by atoms with E-state index >= 15 is 4.79 Å². The molecule has 14 heteroatoms. The number of ketones is 2. The molecule has 7 unspecified atom stereocenters. The number of hydrogen-bond donors (Lipinski definition) is 6. The number of nitrogens with zero attached hydrogens (tertiary/aromatic N) is 2. The summed E-state index contributed by atoms with van der Waals surface area (Å²) in [5, 5.41) is 49.3. The van der Waals surface area contributed by atoms with Crippen LogP contribution in [0.4, 0.5) is 5.69 Å². The van der Waals surface area contributed by atoms with Crippen LogP contribution in [0.25, 0.3) is 10.8 Å². The fourth-order valence-electron chi connectivity index (χ4n) is 13.0. The number of Topliss-reactive ketones (excluding diaryl/α,β-unsaturated/α-hetero) is 2. The molecule has 2 aliphatic heterocycles. The molecule has 4 heterocycles. The second-order valence-electron chi connectivity index (χ2n) is 21.3. The molecule has 14 nitrogen and oxygen atoms in total. The second-order valence-corrected chi connectivity index (χ2v) is 21.3. The number of esters is 1. The first-order valence-corrected chi connectivity index (χ1v) is 27.0. The van der Waals surface area contributed by atoms with Crippen LogP contribution in [0.3, 0.4) is 0 Å². The molecule has 7 atom stereocenters. The molecule has 79 heavy (non-hydrogen) atoms. The minimum absolute atomic E-state index is 0.000613. The van der Waals surface area contributed by atoms with Gasteiger partial charge in [0.05, 0.1) is 31.4 Å². The number of ether oxygens (including phenoxy) is 3. The van der Waals surface area contributed by atoms with Gasteiger partial charge in [-0.2, -0.15) is 0 Å². The average molecular weight is 1060 g/mol. The van der Waals surface area contributed by atoms with Gasteiger partial charge in [0.2, 0.25) is 5.75 Å². The first kappa shape index (κ1) is 52.4. The van der Waals surface area contributed by atoms with Crippen LogP contribution >= 0.6 is 0 Å². The molecule has 3 aliphatic carbocycles. The number of nitrogens with one attached hydrogen (secondary N) is 2. The fourth-order valence-corrected chi connectivity index (χ4v) is 13.0. The number of anilines is 1. The van der Waals surface area contributed by atoms with Crippen LogP contribution in [0.1, 0.15) is 110 Å². The molecule has 6 aromatic rings. The Morgan fingerprint density at radius 2 is 1.72 bits per heavy atom. The van der Waals surface area contributed by atoms with Crippen molar-refractivity contribution in [1.29, 1.82) is 0 Å². The highest BCUT2D eigenvalue weighted by atomic mass is 16.5. The predicted molar refractivity (Wildman–Crippen MR) is 301 cm³/mol. The van der Waals surface area contributed by atoms with Gasteiger partial charge in [-0.05, 0) is 114 Å². The number of fused-ring (bicyclic) bond motifs is 2. The number of rotatable bonds is 10. The van der Waals surface area contributed by atoms with Crippen molar-refractivity contribution >= 4 is 34.0 Å². The van der Waals surface area contributed by atoms with Crippen molar-refractivity contribution < 1.29 is 49.0 Å². The summed E-state index contributed by atoms with van der Waals surface area (Å²) in [4.78, 5) is 46.9. The maximum Gasteiger partial charge on any atom is 0.302 e.